The molecule has 0 aromatic heterocycles. The molecule has 4 N–H and O–H groups in total. The second-order valence-corrected chi connectivity index (χ2v) is 11.3. The van der Waals surface area contributed by atoms with E-state index >= 15 is 0 Å². The SMILES string of the molecule is CC1NC(C(=O)NC23CCC(NC(=O)COc4ccc(Cl)c(F)c4)(CC2)[C@H](O)C3)C(C)S1. The maximum atomic E-state index is 13.5. The molecule has 3 saturated carbocycles. The Hall–Kier alpha value is -1.55. The largest absolute Gasteiger partial charge is 0.484 e. The number of hydrogen-bond acceptors (Lipinski definition) is 6. The Balaban J connectivity index is 1.32. The number of benzene rings is 1. The minimum Gasteiger partial charge on any atom is -0.484 e. The molecule has 1 aromatic carbocycles. The van der Waals surface area contributed by atoms with Crippen molar-refractivity contribution in [3.63, 3.8) is 0 Å². The van der Waals surface area contributed by atoms with Crippen molar-refractivity contribution in [2.24, 2.45) is 0 Å². The monoisotopic (exact) mass is 485 g/mol. The van der Waals surface area contributed by atoms with E-state index in [2.05, 4.69) is 16.0 Å². The molecule has 2 amide bonds. The fourth-order valence-electron chi connectivity index (χ4n) is 5.15. The summed E-state index contributed by atoms with van der Waals surface area (Å²) in [4.78, 5) is 25.4. The van der Waals surface area contributed by atoms with Gasteiger partial charge in [0.2, 0.25) is 5.91 Å². The van der Waals surface area contributed by atoms with E-state index in [-0.39, 0.29) is 45.9 Å². The predicted octanol–water partition coefficient (Wildman–Crippen LogP) is 2.35. The lowest BCUT2D eigenvalue weighted by molar-refractivity contribution is -0.137. The van der Waals surface area contributed by atoms with E-state index in [0.717, 1.165) is 6.07 Å². The van der Waals surface area contributed by atoms with E-state index in [1.165, 1.54) is 12.1 Å². The number of fused-ring (bicyclic) bond motifs is 3. The Kier molecular flexibility index (Phi) is 6.64. The summed E-state index contributed by atoms with van der Waals surface area (Å²) in [6.45, 7) is 3.79. The number of amides is 2. The minimum absolute atomic E-state index is 0.0183. The topological polar surface area (TPSA) is 99.7 Å². The molecule has 0 radical (unpaired) electrons. The Morgan fingerprint density at radius 2 is 2.00 bits per heavy atom. The first-order valence-corrected chi connectivity index (χ1v) is 12.2. The van der Waals surface area contributed by atoms with Crippen LogP contribution in [0.3, 0.4) is 0 Å². The van der Waals surface area contributed by atoms with E-state index in [0.29, 0.717) is 32.1 Å². The first-order valence-electron chi connectivity index (χ1n) is 10.9. The highest BCUT2D eigenvalue weighted by Crippen LogP contribution is 2.47. The number of hydrogen-bond donors (Lipinski definition) is 4. The molecule has 7 nitrogen and oxygen atoms in total. The van der Waals surface area contributed by atoms with Crippen LogP contribution in [0.1, 0.15) is 46.0 Å². The maximum Gasteiger partial charge on any atom is 0.258 e. The second-order valence-electron chi connectivity index (χ2n) is 9.19. The third-order valence-corrected chi connectivity index (χ3v) is 8.50. The highest BCUT2D eigenvalue weighted by molar-refractivity contribution is 8.00. The molecular formula is C22H29ClFN3O4S. The number of aliphatic hydroxyl groups is 1. The van der Waals surface area contributed by atoms with Crippen molar-refractivity contribution in [3.8, 4) is 5.75 Å². The van der Waals surface area contributed by atoms with Crippen molar-refractivity contribution in [2.75, 3.05) is 6.61 Å². The summed E-state index contributed by atoms with van der Waals surface area (Å²) >= 11 is 7.39. The molecule has 0 spiro atoms. The Morgan fingerprint density at radius 3 is 2.59 bits per heavy atom. The van der Waals surface area contributed by atoms with Crippen LogP contribution in [0.2, 0.25) is 5.02 Å². The van der Waals surface area contributed by atoms with Crippen LogP contribution in [0.25, 0.3) is 0 Å². The van der Waals surface area contributed by atoms with E-state index in [4.69, 9.17) is 16.3 Å². The van der Waals surface area contributed by atoms with Gasteiger partial charge in [-0.25, -0.2) is 4.39 Å². The average molecular weight is 486 g/mol. The zero-order valence-electron chi connectivity index (χ0n) is 18.1. The summed E-state index contributed by atoms with van der Waals surface area (Å²) < 4.78 is 18.9. The zero-order chi connectivity index (χ0) is 23.1. The number of thioether (sulfide) groups is 1. The molecule has 4 fully saturated rings. The Morgan fingerprint density at radius 1 is 1.28 bits per heavy atom. The summed E-state index contributed by atoms with van der Waals surface area (Å²) in [7, 11) is 0. The number of halogens is 2. The van der Waals surface area contributed by atoms with Crippen LogP contribution in [0, 0.1) is 5.82 Å². The van der Waals surface area contributed by atoms with Crippen molar-refractivity contribution >= 4 is 35.2 Å². The summed E-state index contributed by atoms with van der Waals surface area (Å²) in [6, 6.07) is 3.73. The smallest absolute Gasteiger partial charge is 0.258 e. The molecule has 2 bridgehead atoms. The summed E-state index contributed by atoms with van der Waals surface area (Å²) in [5, 5.41) is 20.8. The van der Waals surface area contributed by atoms with Crippen LogP contribution in [0.5, 0.6) is 5.75 Å². The molecule has 1 aromatic rings. The third kappa shape index (κ3) is 4.71. The van der Waals surface area contributed by atoms with Gasteiger partial charge in [0.15, 0.2) is 6.61 Å². The van der Waals surface area contributed by atoms with Crippen molar-refractivity contribution in [3.05, 3.63) is 29.0 Å². The van der Waals surface area contributed by atoms with Gasteiger partial charge in [0.05, 0.1) is 28.1 Å². The molecular weight excluding hydrogens is 457 g/mol. The van der Waals surface area contributed by atoms with E-state index in [1.54, 1.807) is 11.8 Å². The van der Waals surface area contributed by atoms with Gasteiger partial charge in [-0.1, -0.05) is 18.5 Å². The maximum absolute atomic E-state index is 13.5. The van der Waals surface area contributed by atoms with Gasteiger partial charge in [-0.2, -0.15) is 0 Å². The number of aliphatic hydroxyl groups excluding tert-OH is 1. The molecule has 1 aliphatic heterocycles. The molecule has 10 heteroatoms. The van der Waals surface area contributed by atoms with Crippen molar-refractivity contribution < 1.29 is 23.8 Å². The molecule has 4 atom stereocenters. The summed E-state index contributed by atoms with van der Waals surface area (Å²) in [6.07, 6.45) is 2.12. The standard InChI is InChI=1S/C22H29ClFN3O4S/c1-12-19(25-13(2)32-12)20(30)27-21-5-7-22(8-6-21,17(28)10-21)26-18(29)11-31-14-3-4-15(23)16(24)9-14/h3-4,9,12-13,17,19,25,28H,5-8,10-11H2,1-2H3,(H,26,29)(H,27,30)/t12?,13?,17-,19?,21?,22?/m1/s1. The molecule has 1 saturated heterocycles. The van der Waals surface area contributed by atoms with Gasteiger partial charge in [-0.05, 0) is 51.2 Å². The number of nitrogens with one attached hydrogen (secondary N) is 3. The zero-order valence-corrected chi connectivity index (χ0v) is 19.7. The van der Waals surface area contributed by atoms with E-state index in [1.807, 2.05) is 13.8 Å². The normalized spacial score (nSPS) is 36.0. The fourth-order valence-corrected chi connectivity index (χ4v) is 6.49. The summed E-state index contributed by atoms with van der Waals surface area (Å²) in [5.74, 6) is -0.820. The highest BCUT2D eigenvalue weighted by atomic mass is 35.5. The molecule has 176 valence electrons. The van der Waals surface area contributed by atoms with Gasteiger partial charge in [-0.3, -0.25) is 14.9 Å². The van der Waals surface area contributed by atoms with Gasteiger partial charge in [0.25, 0.3) is 5.91 Å². The van der Waals surface area contributed by atoms with Crippen molar-refractivity contribution in [1.29, 1.82) is 0 Å². The van der Waals surface area contributed by atoms with Crippen LogP contribution in [0.4, 0.5) is 4.39 Å². The predicted molar refractivity (Wildman–Crippen MR) is 121 cm³/mol. The van der Waals surface area contributed by atoms with Gasteiger partial charge in [0, 0.05) is 16.9 Å². The van der Waals surface area contributed by atoms with Gasteiger partial charge < -0.3 is 20.5 Å². The summed E-state index contributed by atoms with van der Waals surface area (Å²) in [5.41, 5.74) is -1.18. The molecule has 32 heavy (non-hydrogen) atoms. The van der Waals surface area contributed by atoms with Gasteiger partial charge in [-0.15, -0.1) is 11.8 Å². The van der Waals surface area contributed by atoms with Crippen LogP contribution in [-0.4, -0.2) is 57.4 Å². The van der Waals surface area contributed by atoms with Crippen LogP contribution in [-0.2, 0) is 9.59 Å². The number of carbonyl (C=O) groups is 2. The van der Waals surface area contributed by atoms with Crippen molar-refractivity contribution in [1.82, 2.24) is 16.0 Å². The lowest BCUT2D eigenvalue weighted by Crippen LogP contribution is -2.71. The van der Waals surface area contributed by atoms with Crippen LogP contribution in [0.15, 0.2) is 18.2 Å². The fraction of sp³-hybridized carbons (Fsp3) is 0.636. The molecule has 5 rings (SSSR count). The molecule has 1 heterocycles. The lowest BCUT2D eigenvalue weighted by Gasteiger charge is -2.56. The molecule has 4 aliphatic rings. The first kappa shape index (κ1) is 23.6. The van der Waals surface area contributed by atoms with Gasteiger partial charge >= 0.3 is 0 Å². The van der Waals surface area contributed by atoms with Gasteiger partial charge in [0.1, 0.15) is 11.6 Å². The van der Waals surface area contributed by atoms with E-state index in [9.17, 15) is 19.1 Å². The third-order valence-electron chi connectivity index (χ3n) is 6.94. The number of rotatable bonds is 6. The average Bonchev–Trinajstić information content (AvgIpc) is 3.08. The quantitative estimate of drug-likeness (QED) is 0.493. The first-order chi connectivity index (χ1) is 15.1. The van der Waals surface area contributed by atoms with E-state index < -0.39 is 23.0 Å². The minimum atomic E-state index is -0.774. The lowest BCUT2D eigenvalue weighted by atomic mass is 9.59. The van der Waals surface area contributed by atoms with Crippen LogP contribution >= 0.6 is 23.4 Å². The Labute approximate surface area is 196 Å². The molecule has 3 aliphatic carbocycles. The highest BCUT2D eigenvalue weighted by Gasteiger charge is 2.55. The molecule has 3 unspecified atom stereocenters. The second kappa shape index (κ2) is 9.00. The van der Waals surface area contributed by atoms with Crippen molar-refractivity contribution in [2.45, 2.75) is 79.8 Å². The van der Waals surface area contributed by atoms with Crippen LogP contribution < -0.4 is 20.7 Å². The Bertz CT molecular complexity index is 896. The number of ether oxygens (including phenoxy) is 1. The number of carbonyl (C=O) groups excluding carboxylic acids is 2.